The SMILES string of the molecule is c1ccc(Nc2ccc3cc4c(cc3c2)C2(c3ccccc3-c3ccccc32)c2cc(N(c3ccccc3)c3cccc5c3oc3c(-c6ccccc6)cccc35)c3ccccc3c2-4)cc1. The molecule has 0 fully saturated rings. The molecule has 0 bridgehead atoms. The number of nitrogens with one attached hydrogen (secondary N) is 1. The van der Waals surface area contributed by atoms with E-state index in [0.29, 0.717) is 0 Å². The molecule has 1 aromatic heterocycles. The molecule has 1 N–H and O–H groups in total. The largest absolute Gasteiger partial charge is 0.453 e. The van der Waals surface area contributed by atoms with Crippen molar-refractivity contribution in [3.8, 4) is 33.4 Å². The average Bonchev–Trinajstić information content (AvgIpc) is 4.01. The third-order valence-corrected chi connectivity index (χ3v) is 14.2. The number of hydrogen-bond donors (Lipinski definition) is 1. The smallest absolute Gasteiger partial charge is 0.159 e. The quantitative estimate of drug-likeness (QED) is 0.181. The lowest BCUT2D eigenvalue weighted by Crippen LogP contribution is -2.26. The fourth-order valence-corrected chi connectivity index (χ4v) is 11.5. The Kier molecular flexibility index (Phi) is 7.90. The second-order valence-electron chi connectivity index (χ2n) is 17.6. The highest BCUT2D eigenvalue weighted by Gasteiger charge is 2.52. The maximum Gasteiger partial charge on any atom is 0.159 e. The predicted octanol–water partition coefficient (Wildman–Crippen LogP) is 17.1. The molecular weight excluding hydrogens is 801 g/mol. The van der Waals surface area contributed by atoms with Gasteiger partial charge in [-0.3, -0.25) is 0 Å². The van der Waals surface area contributed by atoms with Crippen LogP contribution < -0.4 is 10.2 Å². The van der Waals surface area contributed by atoms with Crippen molar-refractivity contribution >= 4 is 71.9 Å². The molecule has 0 atom stereocenters. The van der Waals surface area contributed by atoms with Crippen molar-refractivity contribution in [3.05, 3.63) is 259 Å². The minimum absolute atomic E-state index is 0.591. The van der Waals surface area contributed by atoms with Gasteiger partial charge in [0.1, 0.15) is 5.58 Å². The lowest BCUT2D eigenvalue weighted by atomic mass is 9.70. The summed E-state index contributed by atoms with van der Waals surface area (Å²) in [6, 6.07) is 86.4. The van der Waals surface area contributed by atoms with Crippen molar-refractivity contribution in [3.63, 3.8) is 0 Å². The molecule has 2 aliphatic rings. The Morgan fingerprint density at radius 2 is 0.955 bits per heavy atom. The molecule has 12 aromatic rings. The summed E-state index contributed by atoms with van der Waals surface area (Å²) in [6.07, 6.45) is 0. The fourth-order valence-electron chi connectivity index (χ4n) is 11.5. The van der Waals surface area contributed by atoms with Crippen LogP contribution in [-0.4, -0.2) is 0 Å². The van der Waals surface area contributed by atoms with Crippen LogP contribution in [0.1, 0.15) is 22.3 Å². The highest BCUT2D eigenvalue weighted by Crippen LogP contribution is 2.65. The summed E-state index contributed by atoms with van der Waals surface area (Å²) in [4.78, 5) is 2.44. The van der Waals surface area contributed by atoms with Gasteiger partial charge in [0.05, 0.1) is 16.8 Å². The van der Waals surface area contributed by atoms with Crippen LogP contribution in [0.3, 0.4) is 0 Å². The maximum atomic E-state index is 7.18. The molecule has 0 amide bonds. The summed E-state index contributed by atoms with van der Waals surface area (Å²) >= 11 is 0. The maximum absolute atomic E-state index is 7.18. The zero-order valence-electron chi connectivity index (χ0n) is 35.9. The molecular formula is C63H40N2O. The van der Waals surface area contributed by atoms with Gasteiger partial charge in [-0.1, -0.05) is 176 Å². The van der Waals surface area contributed by atoms with Gasteiger partial charge in [-0.05, 0) is 127 Å². The summed E-state index contributed by atoms with van der Waals surface area (Å²) in [5.41, 5.74) is 19.0. The first-order valence-electron chi connectivity index (χ1n) is 22.8. The van der Waals surface area contributed by atoms with E-state index < -0.39 is 5.41 Å². The van der Waals surface area contributed by atoms with E-state index in [0.717, 1.165) is 61.5 Å². The topological polar surface area (TPSA) is 28.4 Å². The number of hydrogen-bond acceptors (Lipinski definition) is 3. The van der Waals surface area contributed by atoms with Crippen LogP contribution in [-0.2, 0) is 5.41 Å². The van der Waals surface area contributed by atoms with Crippen molar-refractivity contribution in [1.29, 1.82) is 0 Å². The molecule has 66 heavy (non-hydrogen) atoms. The first-order valence-corrected chi connectivity index (χ1v) is 22.8. The molecule has 0 radical (unpaired) electrons. The Labute approximate surface area is 382 Å². The molecule has 11 aromatic carbocycles. The number of anilines is 5. The molecule has 0 saturated heterocycles. The number of benzene rings is 11. The first kappa shape index (κ1) is 36.8. The van der Waals surface area contributed by atoms with Gasteiger partial charge >= 0.3 is 0 Å². The van der Waals surface area contributed by atoms with Gasteiger partial charge in [-0.2, -0.15) is 0 Å². The molecule has 3 nitrogen and oxygen atoms in total. The van der Waals surface area contributed by atoms with Gasteiger partial charge < -0.3 is 14.6 Å². The van der Waals surface area contributed by atoms with Crippen molar-refractivity contribution in [2.75, 3.05) is 10.2 Å². The summed E-state index contributed by atoms with van der Waals surface area (Å²) in [7, 11) is 0. The summed E-state index contributed by atoms with van der Waals surface area (Å²) in [5, 5.41) is 10.6. The number of furan rings is 1. The Hall–Kier alpha value is -8.66. The minimum atomic E-state index is -0.591. The van der Waals surface area contributed by atoms with E-state index in [1.165, 1.54) is 66.1 Å². The van der Waals surface area contributed by atoms with E-state index in [1.54, 1.807) is 0 Å². The highest BCUT2D eigenvalue weighted by atomic mass is 16.3. The molecule has 3 heteroatoms. The van der Waals surface area contributed by atoms with Crippen LogP contribution in [0.25, 0.3) is 76.9 Å². The van der Waals surface area contributed by atoms with Crippen LogP contribution in [0, 0.1) is 0 Å². The van der Waals surface area contributed by atoms with Gasteiger partial charge in [-0.25, -0.2) is 0 Å². The van der Waals surface area contributed by atoms with Gasteiger partial charge in [0.25, 0.3) is 0 Å². The van der Waals surface area contributed by atoms with Crippen LogP contribution in [0.4, 0.5) is 28.4 Å². The molecule has 308 valence electrons. The Balaban J connectivity index is 1.08. The average molecular weight is 841 g/mol. The van der Waals surface area contributed by atoms with Crippen LogP contribution in [0.15, 0.2) is 241 Å². The molecule has 1 heterocycles. The van der Waals surface area contributed by atoms with Crippen LogP contribution >= 0.6 is 0 Å². The van der Waals surface area contributed by atoms with Crippen molar-refractivity contribution < 1.29 is 4.42 Å². The molecule has 0 unspecified atom stereocenters. The lowest BCUT2D eigenvalue weighted by Gasteiger charge is -2.33. The minimum Gasteiger partial charge on any atom is -0.453 e. The second-order valence-corrected chi connectivity index (χ2v) is 17.6. The molecule has 1 spiro atoms. The van der Waals surface area contributed by atoms with Gasteiger partial charge in [0.2, 0.25) is 0 Å². The van der Waals surface area contributed by atoms with E-state index in [4.69, 9.17) is 4.42 Å². The molecule has 2 aliphatic carbocycles. The highest BCUT2D eigenvalue weighted by molar-refractivity contribution is 6.17. The number of rotatable bonds is 6. The summed E-state index contributed by atoms with van der Waals surface area (Å²) in [5.74, 6) is 0. The molecule has 14 rings (SSSR count). The third kappa shape index (κ3) is 5.20. The Morgan fingerprint density at radius 3 is 1.71 bits per heavy atom. The fraction of sp³-hybridized carbons (Fsp3) is 0.0159. The van der Waals surface area contributed by atoms with Crippen molar-refractivity contribution in [2.24, 2.45) is 0 Å². The summed E-state index contributed by atoms with van der Waals surface area (Å²) < 4.78 is 7.18. The van der Waals surface area contributed by atoms with E-state index >= 15 is 0 Å². The van der Waals surface area contributed by atoms with Gasteiger partial charge in [0.15, 0.2) is 5.58 Å². The first-order chi connectivity index (χ1) is 32.7. The van der Waals surface area contributed by atoms with E-state index in [1.807, 2.05) is 0 Å². The Morgan fingerprint density at radius 1 is 0.348 bits per heavy atom. The zero-order valence-corrected chi connectivity index (χ0v) is 35.9. The van der Waals surface area contributed by atoms with E-state index in [9.17, 15) is 0 Å². The number of nitrogens with zero attached hydrogens (tertiary/aromatic N) is 1. The molecule has 0 aliphatic heterocycles. The van der Waals surface area contributed by atoms with E-state index in [2.05, 4.69) is 247 Å². The van der Waals surface area contributed by atoms with Crippen molar-refractivity contribution in [1.82, 2.24) is 0 Å². The lowest BCUT2D eigenvalue weighted by molar-refractivity contribution is 0.670. The van der Waals surface area contributed by atoms with Crippen molar-refractivity contribution in [2.45, 2.75) is 5.41 Å². The third-order valence-electron chi connectivity index (χ3n) is 14.2. The van der Waals surface area contributed by atoms with Crippen LogP contribution in [0.2, 0.25) is 0 Å². The normalized spacial score (nSPS) is 13.0. The predicted molar refractivity (Wildman–Crippen MR) is 275 cm³/mol. The summed E-state index contributed by atoms with van der Waals surface area (Å²) in [6.45, 7) is 0. The second kappa shape index (κ2) is 14.2. The van der Waals surface area contributed by atoms with Gasteiger partial charge in [0, 0.05) is 38.8 Å². The monoisotopic (exact) mass is 840 g/mol. The molecule has 0 saturated carbocycles. The standard InChI is InChI=1S/C63H40N2O/c1-4-18-40(19-5-1)46-28-16-29-51-52-30-17-33-58(62(52)66-61(46)51)65(45-22-8-3-9-23-45)59-39-57-60(50-27-11-10-26-49(50)59)53-37-41-34-35-44(64-43-20-6-2-7-21-43)36-42(41)38-56(53)63(57)54-31-14-12-24-47(54)48-25-13-15-32-55(48)63/h1-39,64H. The number of para-hydroxylation sites is 4. The number of fused-ring (bicyclic) bond motifs is 16. The zero-order chi connectivity index (χ0) is 43.3. The van der Waals surface area contributed by atoms with E-state index in [-0.39, 0.29) is 0 Å². The van der Waals surface area contributed by atoms with Crippen LogP contribution in [0.5, 0.6) is 0 Å². The Bertz CT molecular complexity index is 3860. The van der Waals surface area contributed by atoms with Gasteiger partial charge in [-0.15, -0.1) is 0 Å².